The number of amides is 2. The van der Waals surface area contributed by atoms with Gasteiger partial charge in [0.2, 0.25) is 5.91 Å². The van der Waals surface area contributed by atoms with Gasteiger partial charge in [0.15, 0.2) is 0 Å². The molecule has 0 radical (unpaired) electrons. The van der Waals surface area contributed by atoms with Crippen molar-refractivity contribution in [2.75, 3.05) is 0 Å². The molecule has 2 heterocycles. The predicted octanol–water partition coefficient (Wildman–Crippen LogP) is 4.37. The molecule has 0 saturated heterocycles. The van der Waals surface area contributed by atoms with Gasteiger partial charge in [-0.05, 0) is 30.2 Å². The van der Waals surface area contributed by atoms with Crippen LogP contribution in [0.2, 0.25) is 0 Å². The Morgan fingerprint density at radius 1 is 0.906 bits per heavy atom. The van der Waals surface area contributed by atoms with Crippen molar-refractivity contribution >= 4 is 22.7 Å². The highest BCUT2D eigenvalue weighted by molar-refractivity contribution is 6.03. The molecule has 5 rings (SSSR count). The molecule has 0 saturated carbocycles. The van der Waals surface area contributed by atoms with E-state index in [1.807, 2.05) is 102 Å². The topological polar surface area (TPSA) is 54.3 Å². The minimum Gasteiger partial charge on any atom is -0.350 e. The molecule has 0 unspecified atom stereocenters. The van der Waals surface area contributed by atoms with Gasteiger partial charge >= 0.3 is 0 Å². The summed E-state index contributed by atoms with van der Waals surface area (Å²) in [7, 11) is 0. The molecule has 4 aromatic rings. The summed E-state index contributed by atoms with van der Waals surface area (Å²) in [6.07, 6.45) is 0. The standard InChI is InChI=1S/C27H25N3O2/c1-27(26(32)28-17-20-10-4-2-5-11-20)19-29-23-15-9-8-14-22(23)16-24(29)25(31)30(27)18-21-12-6-3-7-13-21/h2-16H,17-19H2,1H3,(H,28,32)/t27-/m1/s1. The summed E-state index contributed by atoms with van der Waals surface area (Å²) >= 11 is 0. The molecule has 1 aliphatic rings. The van der Waals surface area contributed by atoms with Gasteiger partial charge in [0.25, 0.3) is 5.91 Å². The van der Waals surface area contributed by atoms with Crippen molar-refractivity contribution in [3.8, 4) is 0 Å². The highest BCUT2D eigenvalue weighted by atomic mass is 16.2. The van der Waals surface area contributed by atoms with Crippen molar-refractivity contribution in [1.29, 1.82) is 0 Å². The lowest BCUT2D eigenvalue weighted by atomic mass is 9.93. The van der Waals surface area contributed by atoms with E-state index in [2.05, 4.69) is 5.32 Å². The van der Waals surface area contributed by atoms with Crippen LogP contribution in [0.4, 0.5) is 0 Å². The first-order valence-corrected chi connectivity index (χ1v) is 10.8. The summed E-state index contributed by atoms with van der Waals surface area (Å²) in [6.45, 7) is 3.05. The average molecular weight is 424 g/mol. The lowest BCUT2D eigenvalue weighted by Crippen LogP contribution is -2.63. The van der Waals surface area contributed by atoms with Crippen molar-refractivity contribution in [3.63, 3.8) is 0 Å². The van der Waals surface area contributed by atoms with E-state index in [9.17, 15) is 9.59 Å². The Kier molecular flexibility index (Phi) is 5.02. The average Bonchev–Trinajstić information content (AvgIpc) is 3.20. The summed E-state index contributed by atoms with van der Waals surface area (Å²) < 4.78 is 1.99. The van der Waals surface area contributed by atoms with E-state index in [0.717, 1.165) is 22.0 Å². The fourth-order valence-corrected chi connectivity index (χ4v) is 4.49. The van der Waals surface area contributed by atoms with Crippen molar-refractivity contribution in [2.24, 2.45) is 0 Å². The molecule has 0 aliphatic carbocycles. The highest BCUT2D eigenvalue weighted by Gasteiger charge is 2.47. The molecule has 1 atom stereocenters. The van der Waals surface area contributed by atoms with Crippen LogP contribution in [0, 0.1) is 0 Å². The molecule has 0 bridgehead atoms. The van der Waals surface area contributed by atoms with Crippen LogP contribution in [0.25, 0.3) is 10.9 Å². The van der Waals surface area contributed by atoms with Crippen LogP contribution >= 0.6 is 0 Å². The highest BCUT2D eigenvalue weighted by Crippen LogP contribution is 2.33. The van der Waals surface area contributed by atoms with Gasteiger partial charge in [-0.2, -0.15) is 0 Å². The van der Waals surface area contributed by atoms with Crippen LogP contribution in [-0.4, -0.2) is 26.8 Å². The summed E-state index contributed by atoms with van der Waals surface area (Å²) in [4.78, 5) is 29.0. The van der Waals surface area contributed by atoms with Crippen LogP contribution in [0.5, 0.6) is 0 Å². The molecule has 0 fully saturated rings. The SMILES string of the molecule is C[C@]1(C(=O)NCc2ccccc2)Cn2c(cc3ccccc32)C(=O)N1Cc1ccccc1. The van der Waals surface area contributed by atoms with Gasteiger partial charge in [0.1, 0.15) is 11.2 Å². The Balaban J connectivity index is 1.53. The number of aromatic nitrogens is 1. The Morgan fingerprint density at radius 3 is 2.25 bits per heavy atom. The monoisotopic (exact) mass is 423 g/mol. The zero-order chi connectivity index (χ0) is 22.1. The first kappa shape index (κ1) is 20.1. The number of hydrogen-bond donors (Lipinski definition) is 1. The van der Waals surface area contributed by atoms with Gasteiger partial charge in [0, 0.05) is 24.0 Å². The van der Waals surface area contributed by atoms with Crippen molar-refractivity contribution in [1.82, 2.24) is 14.8 Å². The second-order valence-electron chi connectivity index (χ2n) is 8.49. The normalized spacial score (nSPS) is 17.9. The third-order valence-corrected chi connectivity index (χ3v) is 6.31. The molecular weight excluding hydrogens is 398 g/mol. The van der Waals surface area contributed by atoms with Gasteiger partial charge in [0.05, 0.1) is 6.54 Å². The second kappa shape index (κ2) is 8.00. The second-order valence-corrected chi connectivity index (χ2v) is 8.49. The Bertz CT molecular complexity index is 1280. The number of nitrogens with one attached hydrogen (secondary N) is 1. The molecule has 5 heteroatoms. The van der Waals surface area contributed by atoms with Gasteiger partial charge in [-0.3, -0.25) is 9.59 Å². The maximum atomic E-state index is 13.7. The molecule has 3 aromatic carbocycles. The fourth-order valence-electron chi connectivity index (χ4n) is 4.49. The van der Waals surface area contributed by atoms with Gasteiger partial charge in [-0.15, -0.1) is 0 Å². The fraction of sp³-hybridized carbons (Fsp3) is 0.185. The minimum atomic E-state index is -1.03. The van der Waals surface area contributed by atoms with E-state index in [1.54, 1.807) is 4.90 Å². The Hall–Kier alpha value is -3.86. The number of nitrogens with zero attached hydrogens (tertiary/aromatic N) is 2. The molecule has 32 heavy (non-hydrogen) atoms. The first-order chi connectivity index (χ1) is 15.6. The van der Waals surface area contributed by atoms with Crippen LogP contribution in [0.3, 0.4) is 0 Å². The predicted molar refractivity (Wildman–Crippen MR) is 125 cm³/mol. The van der Waals surface area contributed by atoms with Gasteiger partial charge in [-0.1, -0.05) is 78.9 Å². The number of hydrogen-bond acceptors (Lipinski definition) is 2. The largest absolute Gasteiger partial charge is 0.350 e. The van der Waals surface area contributed by atoms with E-state index < -0.39 is 5.54 Å². The zero-order valence-electron chi connectivity index (χ0n) is 18.0. The minimum absolute atomic E-state index is 0.131. The number of carbonyl (C=O) groups excluding carboxylic acids is 2. The number of rotatable bonds is 5. The summed E-state index contributed by atoms with van der Waals surface area (Å²) in [6, 6.07) is 29.5. The quantitative estimate of drug-likeness (QED) is 0.518. The molecular formula is C27H25N3O2. The van der Waals surface area contributed by atoms with Crippen molar-refractivity contribution in [3.05, 3.63) is 108 Å². The maximum Gasteiger partial charge on any atom is 0.271 e. The van der Waals surface area contributed by atoms with E-state index in [4.69, 9.17) is 0 Å². The van der Waals surface area contributed by atoms with Crippen LogP contribution in [0.1, 0.15) is 28.5 Å². The third-order valence-electron chi connectivity index (χ3n) is 6.31. The summed E-state index contributed by atoms with van der Waals surface area (Å²) in [5.41, 5.74) is 2.57. The third kappa shape index (κ3) is 3.46. The molecule has 2 amide bonds. The van der Waals surface area contributed by atoms with Gasteiger partial charge in [-0.25, -0.2) is 0 Å². The molecule has 1 aromatic heterocycles. The first-order valence-electron chi connectivity index (χ1n) is 10.8. The lowest BCUT2D eigenvalue weighted by molar-refractivity contribution is -0.133. The van der Waals surface area contributed by atoms with E-state index >= 15 is 0 Å². The van der Waals surface area contributed by atoms with Crippen LogP contribution < -0.4 is 5.32 Å². The zero-order valence-corrected chi connectivity index (χ0v) is 18.0. The number of carbonyl (C=O) groups is 2. The maximum absolute atomic E-state index is 13.7. The number of fused-ring (bicyclic) bond motifs is 3. The Labute approximate surface area is 187 Å². The van der Waals surface area contributed by atoms with Crippen molar-refractivity contribution < 1.29 is 9.59 Å². The summed E-state index contributed by atoms with van der Waals surface area (Å²) in [5.74, 6) is -0.289. The molecule has 1 N–H and O–H groups in total. The van der Waals surface area contributed by atoms with E-state index in [0.29, 0.717) is 25.3 Å². The van der Waals surface area contributed by atoms with Crippen molar-refractivity contribution in [2.45, 2.75) is 32.1 Å². The molecule has 5 nitrogen and oxygen atoms in total. The summed E-state index contributed by atoms with van der Waals surface area (Å²) in [5, 5.41) is 4.07. The Morgan fingerprint density at radius 2 is 1.53 bits per heavy atom. The van der Waals surface area contributed by atoms with Crippen LogP contribution in [0.15, 0.2) is 91.0 Å². The van der Waals surface area contributed by atoms with E-state index in [1.165, 1.54) is 0 Å². The number of benzene rings is 3. The van der Waals surface area contributed by atoms with Gasteiger partial charge < -0.3 is 14.8 Å². The smallest absolute Gasteiger partial charge is 0.271 e. The molecule has 1 aliphatic heterocycles. The van der Waals surface area contributed by atoms with Crippen LogP contribution in [-0.2, 0) is 24.4 Å². The number of para-hydroxylation sites is 1. The molecule has 0 spiro atoms. The van der Waals surface area contributed by atoms with E-state index in [-0.39, 0.29) is 11.8 Å². The molecule has 160 valence electrons. The lowest BCUT2D eigenvalue weighted by Gasteiger charge is -2.44.